The Bertz CT molecular complexity index is 974. The van der Waals surface area contributed by atoms with Crippen LogP contribution in [0.5, 0.6) is 28.7 Å². The molecule has 2 N–H and O–H groups in total. The minimum absolute atomic E-state index is 0.274. The number of piperidine rings is 1. The molecule has 0 bridgehead atoms. The summed E-state index contributed by atoms with van der Waals surface area (Å²) < 4.78 is 27.1. The van der Waals surface area contributed by atoms with E-state index in [0.717, 1.165) is 38.0 Å². The van der Waals surface area contributed by atoms with Crippen molar-refractivity contribution in [3.05, 3.63) is 34.9 Å². The highest BCUT2D eigenvalue weighted by molar-refractivity contribution is 7.80. The summed E-state index contributed by atoms with van der Waals surface area (Å²) in [5, 5.41) is 7.62. The number of nitrogens with zero attached hydrogens (tertiary/aromatic N) is 1. The number of anilines is 1. The maximum atomic E-state index is 6.19. The Labute approximate surface area is 211 Å². The van der Waals surface area contributed by atoms with Crippen molar-refractivity contribution in [3.8, 4) is 28.7 Å². The van der Waals surface area contributed by atoms with Crippen LogP contribution < -0.4 is 34.3 Å². The van der Waals surface area contributed by atoms with Crippen molar-refractivity contribution in [2.45, 2.75) is 25.4 Å². The summed E-state index contributed by atoms with van der Waals surface area (Å²) >= 11 is 11.7. The second-order valence-electron chi connectivity index (χ2n) is 7.87. The summed E-state index contributed by atoms with van der Waals surface area (Å²) in [6, 6.07) is 7.75. The van der Waals surface area contributed by atoms with Gasteiger partial charge in [0, 0.05) is 37.8 Å². The normalized spacial score (nSPS) is 14.3. The van der Waals surface area contributed by atoms with E-state index in [0.29, 0.717) is 44.6 Å². The molecule has 0 spiro atoms. The van der Waals surface area contributed by atoms with E-state index in [9.17, 15) is 0 Å². The minimum atomic E-state index is 0.274. The van der Waals surface area contributed by atoms with Crippen LogP contribution >= 0.6 is 23.8 Å². The van der Waals surface area contributed by atoms with Crippen LogP contribution in [0.1, 0.15) is 18.4 Å². The number of rotatable bonds is 9. The molecule has 10 heteroatoms. The molecule has 1 saturated heterocycles. The monoisotopic (exact) mass is 509 g/mol. The van der Waals surface area contributed by atoms with Gasteiger partial charge in [0.05, 0.1) is 46.3 Å². The number of likely N-dealkylation sites (tertiary alicyclic amines) is 1. The van der Waals surface area contributed by atoms with Gasteiger partial charge in [-0.15, -0.1) is 0 Å². The number of hydrogen-bond acceptors (Lipinski definition) is 7. The van der Waals surface area contributed by atoms with Crippen LogP contribution in [0.3, 0.4) is 0 Å². The average Bonchev–Trinajstić information content (AvgIpc) is 2.85. The average molecular weight is 510 g/mol. The van der Waals surface area contributed by atoms with Crippen molar-refractivity contribution in [2.75, 3.05) is 54.0 Å². The molecule has 0 atom stereocenters. The molecule has 2 aromatic carbocycles. The molecule has 0 unspecified atom stereocenters. The van der Waals surface area contributed by atoms with E-state index in [1.165, 1.54) is 0 Å². The van der Waals surface area contributed by atoms with Gasteiger partial charge >= 0.3 is 0 Å². The highest BCUT2D eigenvalue weighted by Gasteiger charge is 2.22. The van der Waals surface area contributed by atoms with Gasteiger partial charge in [-0.2, -0.15) is 0 Å². The summed E-state index contributed by atoms with van der Waals surface area (Å²) in [5.74, 6) is 3.08. The van der Waals surface area contributed by atoms with Crippen molar-refractivity contribution in [1.29, 1.82) is 0 Å². The van der Waals surface area contributed by atoms with Gasteiger partial charge in [-0.05, 0) is 42.8 Å². The van der Waals surface area contributed by atoms with Crippen LogP contribution in [-0.2, 0) is 6.54 Å². The predicted molar refractivity (Wildman–Crippen MR) is 138 cm³/mol. The summed E-state index contributed by atoms with van der Waals surface area (Å²) in [6.45, 7) is 2.68. The van der Waals surface area contributed by atoms with Gasteiger partial charge in [0.2, 0.25) is 5.75 Å². The van der Waals surface area contributed by atoms with Crippen LogP contribution in [0.15, 0.2) is 24.3 Å². The molecule has 0 aromatic heterocycles. The number of methoxy groups -OCH3 is 5. The first kappa shape index (κ1) is 26.0. The minimum Gasteiger partial charge on any atom is -0.495 e. The Hall–Kier alpha value is -2.62. The number of hydrogen-bond donors (Lipinski definition) is 2. The first-order valence-corrected chi connectivity index (χ1v) is 11.7. The maximum Gasteiger partial charge on any atom is 0.203 e. The number of thiocarbonyl (C=S) groups is 1. The van der Waals surface area contributed by atoms with E-state index >= 15 is 0 Å². The molecule has 0 aliphatic carbocycles. The second-order valence-corrected chi connectivity index (χ2v) is 8.68. The maximum absolute atomic E-state index is 6.19. The Morgan fingerprint density at radius 3 is 2.00 bits per heavy atom. The van der Waals surface area contributed by atoms with Crippen molar-refractivity contribution >= 4 is 34.6 Å². The zero-order valence-corrected chi connectivity index (χ0v) is 21.8. The fraction of sp³-hybridized carbons (Fsp3) is 0.458. The molecule has 0 radical (unpaired) electrons. The molecule has 2 aromatic rings. The molecule has 0 saturated carbocycles. The third-order valence-corrected chi connectivity index (χ3v) is 6.29. The topological polar surface area (TPSA) is 73.5 Å². The van der Waals surface area contributed by atoms with Gasteiger partial charge in [-0.1, -0.05) is 11.6 Å². The smallest absolute Gasteiger partial charge is 0.203 e. The lowest BCUT2D eigenvalue weighted by Crippen LogP contribution is -2.45. The fourth-order valence-corrected chi connectivity index (χ4v) is 4.53. The molecule has 1 fully saturated rings. The summed E-state index contributed by atoms with van der Waals surface area (Å²) in [7, 11) is 8.02. The number of nitrogens with one attached hydrogen (secondary N) is 2. The van der Waals surface area contributed by atoms with E-state index in [1.54, 1.807) is 47.7 Å². The standard InChI is InChI=1S/C24H32ClN3O5S/c1-29-19-13-18(20(30-2)12-17(19)25)27-24(34)26-16-6-8-28(9-7-16)14-15-10-21(31-3)23(33-5)22(11-15)32-4/h10-13,16H,6-9,14H2,1-5H3,(H2,26,27,34). The summed E-state index contributed by atoms with van der Waals surface area (Å²) in [4.78, 5) is 2.41. The lowest BCUT2D eigenvalue weighted by molar-refractivity contribution is 0.198. The van der Waals surface area contributed by atoms with Crippen LogP contribution in [0.25, 0.3) is 0 Å². The number of halogens is 1. The quantitative estimate of drug-likeness (QED) is 0.480. The van der Waals surface area contributed by atoms with Crippen LogP contribution in [-0.4, -0.2) is 64.7 Å². The first-order valence-electron chi connectivity index (χ1n) is 10.9. The molecule has 8 nitrogen and oxygen atoms in total. The lowest BCUT2D eigenvalue weighted by Gasteiger charge is -2.33. The van der Waals surface area contributed by atoms with Gasteiger partial charge in [-0.25, -0.2) is 0 Å². The van der Waals surface area contributed by atoms with Crippen molar-refractivity contribution in [2.24, 2.45) is 0 Å². The Morgan fingerprint density at radius 1 is 0.882 bits per heavy atom. The SMILES string of the molecule is COc1cc(NC(=S)NC2CCN(Cc3cc(OC)c(OC)c(OC)c3)CC2)c(OC)cc1Cl. The molecule has 1 aliphatic rings. The predicted octanol–water partition coefficient (Wildman–Crippen LogP) is 4.33. The van der Waals surface area contributed by atoms with E-state index in [4.69, 9.17) is 47.5 Å². The van der Waals surface area contributed by atoms with Crippen molar-refractivity contribution < 1.29 is 23.7 Å². The molecule has 1 aliphatic heterocycles. The molecule has 3 rings (SSSR count). The van der Waals surface area contributed by atoms with Gasteiger partial charge in [0.15, 0.2) is 16.6 Å². The van der Waals surface area contributed by atoms with Gasteiger partial charge in [-0.3, -0.25) is 4.90 Å². The highest BCUT2D eigenvalue weighted by Crippen LogP contribution is 2.39. The Balaban J connectivity index is 1.55. The molecule has 34 heavy (non-hydrogen) atoms. The van der Waals surface area contributed by atoms with Gasteiger partial charge in [0.25, 0.3) is 0 Å². The van der Waals surface area contributed by atoms with Crippen LogP contribution in [0, 0.1) is 0 Å². The highest BCUT2D eigenvalue weighted by atomic mass is 35.5. The number of ether oxygens (including phenoxy) is 5. The largest absolute Gasteiger partial charge is 0.495 e. The molecule has 0 amide bonds. The van der Waals surface area contributed by atoms with Gasteiger partial charge < -0.3 is 34.3 Å². The molecular formula is C24H32ClN3O5S. The summed E-state index contributed by atoms with van der Waals surface area (Å²) in [5.41, 5.74) is 1.81. The van der Waals surface area contributed by atoms with E-state index in [1.807, 2.05) is 12.1 Å². The third kappa shape index (κ3) is 6.28. The summed E-state index contributed by atoms with van der Waals surface area (Å²) in [6.07, 6.45) is 1.93. The molecule has 186 valence electrons. The molecular weight excluding hydrogens is 478 g/mol. The van der Waals surface area contributed by atoms with Gasteiger partial charge in [0.1, 0.15) is 11.5 Å². The first-order chi connectivity index (χ1) is 16.4. The number of benzene rings is 2. The second kappa shape index (κ2) is 12.2. The van der Waals surface area contributed by atoms with Crippen molar-refractivity contribution in [1.82, 2.24) is 10.2 Å². The zero-order chi connectivity index (χ0) is 24.7. The third-order valence-electron chi connectivity index (χ3n) is 5.78. The Kier molecular flexibility index (Phi) is 9.32. The van der Waals surface area contributed by atoms with E-state index < -0.39 is 0 Å². The van der Waals surface area contributed by atoms with Crippen LogP contribution in [0.2, 0.25) is 5.02 Å². The van der Waals surface area contributed by atoms with Crippen LogP contribution in [0.4, 0.5) is 5.69 Å². The zero-order valence-electron chi connectivity index (χ0n) is 20.2. The van der Waals surface area contributed by atoms with Crippen molar-refractivity contribution in [3.63, 3.8) is 0 Å². The lowest BCUT2D eigenvalue weighted by atomic mass is 10.0. The molecule has 1 heterocycles. The van der Waals surface area contributed by atoms with E-state index in [-0.39, 0.29) is 6.04 Å². The Morgan fingerprint density at radius 2 is 1.47 bits per heavy atom. The fourth-order valence-electron chi connectivity index (χ4n) is 4.02. The van der Waals surface area contributed by atoms with E-state index in [2.05, 4.69) is 15.5 Å².